The Labute approximate surface area is 119 Å². The third-order valence-corrected chi connectivity index (χ3v) is 3.04. The van der Waals surface area contributed by atoms with Crippen LogP contribution < -0.4 is 15.0 Å². The minimum atomic E-state index is 0.738. The molecular formula is C15H20N4O. The molecule has 0 unspecified atom stereocenters. The van der Waals surface area contributed by atoms with Crippen molar-refractivity contribution in [1.29, 1.82) is 0 Å². The van der Waals surface area contributed by atoms with Gasteiger partial charge in [0.15, 0.2) is 5.82 Å². The van der Waals surface area contributed by atoms with Crippen molar-refractivity contribution in [2.24, 2.45) is 0 Å². The average molecular weight is 272 g/mol. The van der Waals surface area contributed by atoms with E-state index < -0.39 is 0 Å². The standard InChI is InChI=1S/C15H20N4O/c1-4-16-9-12-10-18-15(11-17-12)19(2)13-7-5-6-8-14(13)20-3/h5-8,10-11,16H,4,9H2,1-3H3. The average Bonchev–Trinajstić information content (AvgIpc) is 2.52. The van der Waals surface area contributed by atoms with Gasteiger partial charge in [-0.2, -0.15) is 0 Å². The second-order valence-corrected chi connectivity index (χ2v) is 4.38. The van der Waals surface area contributed by atoms with E-state index in [9.17, 15) is 0 Å². The first-order valence-electron chi connectivity index (χ1n) is 6.64. The van der Waals surface area contributed by atoms with Crippen LogP contribution in [-0.4, -0.2) is 30.7 Å². The Morgan fingerprint density at radius 2 is 2.00 bits per heavy atom. The summed E-state index contributed by atoms with van der Waals surface area (Å²) in [6.07, 6.45) is 3.57. The molecule has 0 atom stereocenters. The minimum absolute atomic E-state index is 0.738. The van der Waals surface area contributed by atoms with Gasteiger partial charge in [0, 0.05) is 13.6 Å². The number of anilines is 2. The Kier molecular flexibility index (Phi) is 4.90. The fourth-order valence-corrected chi connectivity index (χ4v) is 1.90. The summed E-state index contributed by atoms with van der Waals surface area (Å²) in [5, 5.41) is 3.23. The zero-order valence-corrected chi connectivity index (χ0v) is 12.1. The number of nitrogens with zero attached hydrogens (tertiary/aromatic N) is 3. The molecule has 0 spiro atoms. The predicted octanol–water partition coefficient (Wildman–Crippen LogP) is 2.36. The van der Waals surface area contributed by atoms with Crippen molar-refractivity contribution in [1.82, 2.24) is 15.3 Å². The molecule has 0 bridgehead atoms. The van der Waals surface area contributed by atoms with Gasteiger partial charge in [-0.05, 0) is 18.7 Å². The van der Waals surface area contributed by atoms with Crippen molar-refractivity contribution in [2.75, 3.05) is 25.6 Å². The smallest absolute Gasteiger partial charge is 0.151 e. The molecule has 106 valence electrons. The Balaban J connectivity index is 2.18. The number of rotatable bonds is 6. The molecule has 1 N–H and O–H groups in total. The predicted molar refractivity (Wildman–Crippen MR) is 80.5 cm³/mol. The maximum Gasteiger partial charge on any atom is 0.151 e. The molecule has 0 saturated heterocycles. The Morgan fingerprint density at radius 3 is 2.65 bits per heavy atom. The van der Waals surface area contributed by atoms with E-state index in [1.165, 1.54) is 0 Å². The molecular weight excluding hydrogens is 252 g/mol. The van der Waals surface area contributed by atoms with Gasteiger partial charge in [-0.25, -0.2) is 4.98 Å². The van der Waals surface area contributed by atoms with Crippen molar-refractivity contribution >= 4 is 11.5 Å². The fourth-order valence-electron chi connectivity index (χ4n) is 1.90. The van der Waals surface area contributed by atoms with Gasteiger partial charge in [-0.3, -0.25) is 4.98 Å². The van der Waals surface area contributed by atoms with E-state index in [0.29, 0.717) is 0 Å². The normalized spacial score (nSPS) is 10.3. The topological polar surface area (TPSA) is 50.3 Å². The molecule has 0 aliphatic heterocycles. The molecule has 0 aliphatic rings. The van der Waals surface area contributed by atoms with Crippen molar-refractivity contribution < 1.29 is 4.74 Å². The fraction of sp³-hybridized carbons (Fsp3) is 0.333. The van der Waals surface area contributed by atoms with Gasteiger partial charge >= 0.3 is 0 Å². The van der Waals surface area contributed by atoms with Gasteiger partial charge in [-0.1, -0.05) is 19.1 Å². The molecule has 1 aromatic carbocycles. The third-order valence-electron chi connectivity index (χ3n) is 3.04. The van der Waals surface area contributed by atoms with Gasteiger partial charge in [0.1, 0.15) is 5.75 Å². The lowest BCUT2D eigenvalue weighted by Crippen LogP contribution is -2.15. The quantitative estimate of drug-likeness (QED) is 0.875. The zero-order valence-electron chi connectivity index (χ0n) is 12.1. The summed E-state index contributed by atoms with van der Waals surface area (Å²) >= 11 is 0. The number of nitrogens with one attached hydrogen (secondary N) is 1. The van der Waals surface area contributed by atoms with Gasteiger partial charge in [0.2, 0.25) is 0 Å². The molecule has 20 heavy (non-hydrogen) atoms. The molecule has 2 aromatic rings. The summed E-state index contributed by atoms with van der Waals surface area (Å²) in [7, 11) is 3.61. The van der Waals surface area contributed by atoms with Crippen LogP contribution >= 0.6 is 0 Å². The van der Waals surface area contributed by atoms with E-state index in [4.69, 9.17) is 4.74 Å². The lowest BCUT2D eigenvalue weighted by atomic mass is 10.2. The van der Waals surface area contributed by atoms with Gasteiger partial charge in [0.25, 0.3) is 0 Å². The molecule has 0 radical (unpaired) electrons. The monoisotopic (exact) mass is 272 g/mol. The molecule has 0 saturated carbocycles. The second-order valence-electron chi connectivity index (χ2n) is 4.38. The SMILES string of the molecule is CCNCc1cnc(N(C)c2ccccc2OC)cn1. The Bertz CT molecular complexity index is 542. The van der Waals surface area contributed by atoms with Crippen LogP contribution in [0.15, 0.2) is 36.7 Å². The number of aromatic nitrogens is 2. The van der Waals surface area contributed by atoms with Gasteiger partial charge in [0.05, 0.1) is 30.9 Å². The summed E-state index contributed by atoms with van der Waals surface area (Å²) in [6, 6.07) is 7.84. The Morgan fingerprint density at radius 1 is 1.20 bits per heavy atom. The highest BCUT2D eigenvalue weighted by atomic mass is 16.5. The van der Waals surface area contributed by atoms with Crippen molar-refractivity contribution in [2.45, 2.75) is 13.5 Å². The minimum Gasteiger partial charge on any atom is -0.495 e. The highest BCUT2D eigenvalue weighted by Gasteiger charge is 2.10. The lowest BCUT2D eigenvalue weighted by molar-refractivity contribution is 0.415. The highest BCUT2D eigenvalue weighted by Crippen LogP contribution is 2.30. The molecule has 0 amide bonds. The molecule has 5 nitrogen and oxygen atoms in total. The maximum absolute atomic E-state index is 5.36. The van der Waals surface area contributed by atoms with E-state index in [0.717, 1.165) is 36.0 Å². The maximum atomic E-state index is 5.36. The van der Waals surface area contributed by atoms with Crippen LogP contribution in [0.2, 0.25) is 0 Å². The van der Waals surface area contributed by atoms with E-state index in [-0.39, 0.29) is 0 Å². The van der Waals surface area contributed by atoms with Gasteiger partial charge in [-0.15, -0.1) is 0 Å². The first-order valence-corrected chi connectivity index (χ1v) is 6.64. The Hall–Kier alpha value is -2.14. The van der Waals surface area contributed by atoms with Crippen LogP contribution in [0.5, 0.6) is 5.75 Å². The number of benzene rings is 1. The van der Waals surface area contributed by atoms with Crippen molar-refractivity contribution in [3.63, 3.8) is 0 Å². The number of para-hydroxylation sites is 2. The number of hydrogen-bond acceptors (Lipinski definition) is 5. The number of hydrogen-bond donors (Lipinski definition) is 1. The van der Waals surface area contributed by atoms with E-state index >= 15 is 0 Å². The molecule has 0 fully saturated rings. The zero-order chi connectivity index (χ0) is 14.4. The first kappa shape index (κ1) is 14.3. The van der Waals surface area contributed by atoms with E-state index in [1.54, 1.807) is 19.5 Å². The second kappa shape index (κ2) is 6.86. The number of ether oxygens (including phenoxy) is 1. The van der Waals surface area contributed by atoms with Crippen molar-refractivity contribution in [3.05, 3.63) is 42.4 Å². The lowest BCUT2D eigenvalue weighted by Gasteiger charge is -2.20. The van der Waals surface area contributed by atoms with Crippen LogP contribution in [0.1, 0.15) is 12.6 Å². The van der Waals surface area contributed by atoms with Crippen molar-refractivity contribution in [3.8, 4) is 5.75 Å². The largest absolute Gasteiger partial charge is 0.495 e. The van der Waals surface area contributed by atoms with E-state index in [1.807, 2.05) is 36.2 Å². The molecule has 2 rings (SSSR count). The van der Waals surface area contributed by atoms with Crippen LogP contribution in [0.3, 0.4) is 0 Å². The third kappa shape index (κ3) is 3.24. The summed E-state index contributed by atoms with van der Waals surface area (Å²) in [5.74, 6) is 1.60. The van der Waals surface area contributed by atoms with E-state index in [2.05, 4.69) is 22.2 Å². The first-order chi connectivity index (χ1) is 9.76. The summed E-state index contributed by atoms with van der Waals surface area (Å²) in [6.45, 7) is 3.73. The summed E-state index contributed by atoms with van der Waals surface area (Å²) in [5.41, 5.74) is 1.90. The van der Waals surface area contributed by atoms with Crippen LogP contribution in [-0.2, 0) is 6.54 Å². The summed E-state index contributed by atoms with van der Waals surface area (Å²) in [4.78, 5) is 10.8. The molecule has 5 heteroatoms. The van der Waals surface area contributed by atoms with Gasteiger partial charge < -0.3 is 15.0 Å². The number of methoxy groups -OCH3 is 1. The van der Waals surface area contributed by atoms with Crippen LogP contribution in [0, 0.1) is 0 Å². The summed E-state index contributed by atoms with van der Waals surface area (Å²) < 4.78 is 5.36. The molecule has 1 heterocycles. The van der Waals surface area contributed by atoms with Crippen LogP contribution in [0.25, 0.3) is 0 Å². The van der Waals surface area contributed by atoms with Crippen LogP contribution in [0.4, 0.5) is 11.5 Å². The molecule has 0 aliphatic carbocycles. The molecule has 1 aromatic heterocycles. The highest BCUT2D eigenvalue weighted by molar-refractivity contribution is 5.65.